The molecule has 1 aromatic heterocycles. The molecular weight excluding hydrogens is 588 g/mol. The summed E-state index contributed by atoms with van der Waals surface area (Å²) in [6.07, 6.45) is 10.2. The third-order valence-electron chi connectivity index (χ3n) is 10.1. The lowest BCUT2D eigenvalue weighted by Crippen LogP contribution is -2.44. The number of ether oxygens (including phenoxy) is 1. The number of phenolic OH excluding ortho intramolecular Hbond substituents is 1. The van der Waals surface area contributed by atoms with Crippen molar-refractivity contribution < 1.29 is 23.4 Å². The van der Waals surface area contributed by atoms with Crippen molar-refractivity contribution in [3.8, 4) is 24.1 Å². The number of terminal acetylenes is 1. The van der Waals surface area contributed by atoms with E-state index >= 15 is 0 Å². The van der Waals surface area contributed by atoms with Gasteiger partial charge in [0.2, 0.25) is 5.91 Å². The molecule has 4 atom stereocenters. The Labute approximate surface area is 269 Å². The lowest BCUT2D eigenvalue weighted by Gasteiger charge is -2.33. The highest BCUT2D eigenvalue weighted by Crippen LogP contribution is 2.42. The lowest BCUT2D eigenvalue weighted by atomic mass is 9.79. The minimum absolute atomic E-state index is 0.0186. The van der Waals surface area contributed by atoms with Crippen LogP contribution in [0.3, 0.4) is 0 Å². The molecule has 8 nitrogen and oxygen atoms in total. The molecule has 0 radical (unpaired) electrons. The zero-order valence-corrected chi connectivity index (χ0v) is 26.7. The van der Waals surface area contributed by atoms with E-state index in [9.17, 15) is 18.7 Å². The number of likely N-dealkylation sites (N-methyl/N-ethyl adjacent to an activating group) is 2. The van der Waals surface area contributed by atoms with Crippen molar-refractivity contribution in [2.75, 3.05) is 45.2 Å². The first kappa shape index (κ1) is 31.7. The summed E-state index contributed by atoms with van der Waals surface area (Å²) in [5.74, 6) is 2.70. The largest absolute Gasteiger partial charge is 0.508 e. The first-order chi connectivity index (χ1) is 22.0. The van der Waals surface area contributed by atoms with Gasteiger partial charge in [-0.3, -0.25) is 9.69 Å². The second-order valence-corrected chi connectivity index (χ2v) is 13.3. The van der Waals surface area contributed by atoms with Gasteiger partial charge in [0, 0.05) is 50.1 Å². The number of alkyl halides is 1. The number of carbonyl (C=O) groups is 1. The molecule has 1 amide bonds. The number of carbonyl (C=O) groups excluding carboxylic acids is 1. The zero-order valence-electron chi connectivity index (χ0n) is 26.7. The monoisotopic (exact) mass is 629 g/mol. The van der Waals surface area contributed by atoms with Crippen LogP contribution in [-0.2, 0) is 17.6 Å². The van der Waals surface area contributed by atoms with Gasteiger partial charge in [-0.2, -0.15) is 9.97 Å². The quantitative estimate of drug-likeness (QED) is 0.273. The van der Waals surface area contributed by atoms with Crippen LogP contribution in [0.5, 0.6) is 11.8 Å². The number of likely N-dealkylation sites (tertiary alicyclic amines) is 2. The molecule has 0 spiro atoms. The Bertz CT molecular complexity index is 1720. The summed E-state index contributed by atoms with van der Waals surface area (Å²) in [7, 11) is 3.86. The molecule has 3 heterocycles. The highest BCUT2D eigenvalue weighted by atomic mass is 19.1. The summed E-state index contributed by atoms with van der Waals surface area (Å²) in [5, 5.41) is 11.9. The number of hydrogen-bond donors (Lipinski definition) is 1. The maximum Gasteiger partial charge on any atom is 0.318 e. The zero-order chi connectivity index (χ0) is 32.7. The maximum absolute atomic E-state index is 14.9. The van der Waals surface area contributed by atoms with E-state index in [-0.39, 0.29) is 41.8 Å². The number of aromatic hydroxyl groups is 1. The SMILES string of the molecule is C#Cc1c(F)ccc2cc(O)cc([C@H]3CCc4c(nc(OC[C@]5(C)C[C@@H](F)CN5C)nc4N(C)C[C@@H]4CCCN4C(=O)C=C)C3)c12. The number of halogens is 2. The topological polar surface area (TPSA) is 82.0 Å². The van der Waals surface area contributed by atoms with Crippen molar-refractivity contribution in [1.82, 2.24) is 19.8 Å². The van der Waals surface area contributed by atoms with Crippen molar-refractivity contribution in [2.24, 2.45) is 0 Å². The number of aromatic nitrogens is 2. The van der Waals surface area contributed by atoms with Crippen LogP contribution in [0.1, 0.15) is 60.9 Å². The van der Waals surface area contributed by atoms with Gasteiger partial charge >= 0.3 is 6.01 Å². The summed E-state index contributed by atoms with van der Waals surface area (Å²) in [4.78, 5) is 28.2. The molecule has 0 bridgehead atoms. The van der Waals surface area contributed by atoms with Crippen LogP contribution < -0.4 is 9.64 Å². The molecule has 2 aliphatic heterocycles. The van der Waals surface area contributed by atoms with E-state index in [0.29, 0.717) is 56.1 Å². The fourth-order valence-corrected chi connectivity index (χ4v) is 7.58. The summed E-state index contributed by atoms with van der Waals surface area (Å²) in [5.41, 5.74) is 2.26. The molecule has 1 aliphatic carbocycles. The number of hydrogen-bond acceptors (Lipinski definition) is 7. The third-order valence-corrected chi connectivity index (χ3v) is 10.1. The highest BCUT2D eigenvalue weighted by Gasteiger charge is 2.41. The second kappa shape index (κ2) is 12.5. The molecule has 0 unspecified atom stereocenters. The number of phenols is 1. The van der Waals surface area contributed by atoms with E-state index in [4.69, 9.17) is 21.1 Å². The van der Waals surface area contributed by atoms with E-state index in [1.807, 2.05) is 30.8 Å². The number of fused-ring (bicyclic) bond motifs is 2. The first-order valence-electron chi connectivity index (χ1n) is 15.9. The maximum atomic E-state index is 14.9. The molecule has 3 aromatic rings. The van der Waals surface area contributed by atoms with Gasteiger partial charge in [0.1, 0.15) is 30.2 Å². The van der Waals surface area contributed by atoms with Crippen LogP contribution in [0, 0.1) is 18.2 Å². The fraction of sp³-hybridized carbons (Fsp3) is 0.472. The Morgan fingerprint density at radius 2 is 2.13 bits per heavy atom. The predicted molar refractivity (Wildman–Crippen MR) is 175 cm³/mol. The Balaban J connectivity index is 1.36. The van der Waals surface area contributed by atoms with Gasteiger partial charge in [0.25, 0.3) is 0 Å². The molecule has 2 aromatic carbocycles. The smallest absolute Gasteiger partial charge is 0.318 e. The van der Waals surface area contributed by atoms with E-state index in [1.165, 1.54) is 12.1 Å². The minimum atomic E-state index is -0.923. The highest BCUT2D eigenvalue weighted by molar-refractivity contribution is 5.93. The van der Waals surface area contributed by atoms with Gasteiger partial charge in [0.05, 0.1) is 16.8 Å². The summed E-state index contributed by atoms with van der Waals surface area (Å²) in [6, 6.07) is 6.48. The molecule has 2 fully saturated rings. The van der Waals surface area contributed by atoms with Crippen molar-refractivity contribution in [3.63, 3.8) is 0 Å². The van der Waals surface area contributed by atoms with E-state index in [2.05, 4.69) is 17.4 Å². The van der Waals surface area contributed by atoms with Crippen molar-refractivity contribution in [1.29, 1.82) is 0 Å². The average Bonchev–Trinajstić information content (AvgIpc) is 3.60. The summed E-state index contributed by atoms with van der Waals surface area (Å²) >= 11 is 0. The molecule has 0 saturated carbocycles. The number of benzene rings is 2. The van der Waals surface area contributed by atoms with E-state index in [1.54, 1.807) is 18.2 Å². The van der Waals surface area contributed by atoms with Gasteiger partial charge in [-0.05, 0) is 87.2 Å². The Kier molecular flexibility index (Phi) is 8.64. The normalized spacial score (nSPS) is 24.5. The molecule has 242 valence electrons. The van der Waals surface area contributed by atoms with Crippen molar-refractivity contribution in [3.05, 3.63) is 65.1 Å². The number of nitrogens with zero attached hydrogens (tertiary/aromatic N) is 5. The third kappa shape index (κ3) is 5.89. The molecule has 46 heavy (non-hydrogen) atoms. The Hall–Kier alpha value is -4.23. The first-order valence-corrected chi connectivity index (χ1v) is 15.9. The van der Waals surface area contributed by atoms with Crippen LogP contribution >= 0.6 is 0 Å². The van der Waals surface area contributed by atoms with Crippen LogP contribution in [0.25, 0.3) is 10.8 Å². The van der Waals surface area contributed by atoms with Gasteiger partial charge in [-0.25, -0.2) is 8.78 Å². The standard InChI is InChI=1S/C36H41F2N5O3/c1-6-27-30(38)13-11-23-15-26(44)17-29(33(23)27)22-10-12-28-31(16-22)39-35(46-21-36(3)18-24(37)19-42(36)5)40-34(28)41(4)20-25-9-8-14-43(25)32(45)7-2/h1,7,11,13,15,17,22,24-25,44H,2,8-10,12,14,16,18-21H2,3-5H3/t22-,24+,25-,36-/m0/s1. The molecular formula is C36H41F2N5O3. The van der Waals surface area contributed by atoms with Gasteiger partial charge < -0.3 is 19.6 Å². The summed E-state index contributed by atoms with van der Waals surface area (Å²) in [6.45, 7) is 7.50. The number of rotatable bonds is 8. The van der Waals surface area contributed by atoms with Crippen molar-refractivity contribution in [2.45, 2.75) is 69.1 Å². The average molecular weight is 630 g/mol. The fourth-order valence-electron chi connectivity index (χ4n) is 7.58. The Morgan fingerprint density at radius 1 is 1.33 bits per heavy atom. The van der Waals surface area contributed by atoms with Gasteiger partial charge in [0.15, 0.2) is 0 Å². The van der Waals surface area contributed by atoms with Crippen LogP contribution in [-0.4, -0.2) is 88.9 Å². The molecule has 10 heteroatoms. The number of amides is 1. The van der Waals surface area contributed by atoms with Gasteiger partial charge in [-0.15, -0.1) is 6.42 Å². The van der Waals surface area contributed by atoms with Crippen LogP contribution in [0.2, 0.25) is 0 Å². The van der Waals surface area contributed by atoms with Crippen molar-refractivity contribution >= 4 is 22.5 Å². The van der Waals surface area contributed by atoms with Crippen LogP contribution in [0.4, 0.5) is 14.6 Å². The Morgan fingerprint density at radius 3 is 2.85 bits per heavy atom. The molecule has 2 saturated heterocycles. The van der Waals surface area contributed by atoms with E-state index in [0.717, 1.165) is 35.5 Å². The van der Waals surface area contributed by atoms with Gasteiger partial charge in [-0.1, -0.05) is 18.6 Å². The summed E-state index contributed by atoms with van der Waals surface area (Å²) < 4.78 is 35.4. The molecule has 1 N–H and O–H groups in total. The molecule has 6 rings (SSSR count). The number of anilines is 1. The van der Waals surface area contributed by atoms with Crippen LogP contribution in [0.15, 0.2) is 36.9 Å². The molecule has 3 aliphatic rings. The minimum Gasteiger partial charge on any atom is -0.508 e. The predicted octanol–water partition coefficient (Wildman–Crippen LogP) is 5.15. The lowest BCUT2D eigenvalue weighted by molar-refractivity contribution is -0.126. The second-order valence-electron chi connectivity index (χ2n) is 13.3. The van der Waals surface area contributed by atoms with E-state index < -0.39 is 17.5 Å².